The van der Waals surface area contributed by atoms with Crippen LogP contribution in [0.1, 0.15) is 28.0 Å². The van der Waals surface area contributed by atoms with E-state index >= 15 is 0 Å². The third-order valence-electron chi connectivity index (χ3n) is 3.19. The van der Waals surface area contributed by atoms with Crippen LogP contribution in [0.5, 0.6) is 0 Å². The van der Waals surface area contributed by atoms with Crippen molar-refractivity contribution in [3.63, 3.8) is 0 Å². The van der Waals surface area contributed by atoms with E-state index in [4.69, 9.17) is 5.73 Å². The molecule has 1 heterocycles. The summed E-state index contributed by atoms with van der Waals surface area (Å²) >= 11 is 0. The average Bonchev–Trinajstić information content (AvgIpc) is 2.82. The second kappa shape index (κ2) is 8.44. The van der Waals surface area contributed by atoms with Crippen molar-refractivity contribution in [2.24, 2.45) is 5.73 Å². The fourth-order valence-electron chi connectivity index (χ4n) is 1.98. The van der Waals surface area contributed by atoms with Gasteiger partial charge >= 0.3 is 0 Å². The fraction of sp³-hybridized carbons (Fsp3) is 0.333. The number of amides is 1. The summed E-state index contributed by atoms with van der Waals surface area (Å²) in [6.07, 6.45) is 2.40. The number of nitrogens with two attached hydrogens (primary N) is 1. The second-order valence-electron chi connectivity index (χ2n) is 4.69. The van der Waals surface area contributed by atoms with Crippen LogP contribution < -0.4 is 11.1 Å². The largest absolute Gasteiger partial charge is 0.352 e. The van der Waals surface area contributed by atoms with Gasteiger partial charge in [0.1, 0.15) is 0 Å². The molecule has 21 heavy (non-hydrogen) atoms. The Balaban J connectivity index is 0.00000220. The van der Waals surface area contributed by atoms with Crippen LogP contribution in [0.15, 0.2) is 36.5 Å². The van der Waals surface area contributed by atoms with Crippen LogP contribution >= 0.6 is 12.4 Å². The molecule has 0 fully saturated rings. The van der Waals surface area contributed by atoms with Crippen LogP contribution in [0.2, 0.25) is 0 Å². The maximum atomic E-state index is 12.0. The third kappa shape index (κ3) is 4.58. The van der Waals surface area contributed by atoms with E-state index in [1.807, 2.05) is 41.9 Å². The molecule has 0 saturated carbocycles. The Labute approximate surface area is 130 Å². The molecule has 0 radical (unpaired) electrons. The van der Waals surface area contributed by atoms with Gasteiger partial charge in [-0.3, -0.25) is 9.48 Å². The molecule has 0 saturated heterocycles. The predicted molar refractivity (Wildman–Crippen MR) is 85.8 cm³/mol. The monoisotopic (exact) mass is 308 g/mol. The lowest BCUT2D eigenvalue weighted by molar-refractivity contribution is 0.0952. The molecule has 0 spiro atoms. The molecular formula is C15H21ClN4O. The van der Waals surface area contributed by atoms with Gasteiger partial charge in [0, 0.05) is 12.2 Å². The molecule has 0 aliphatic rings. The number of hydrogen-bond acceptors (Lipinski definition) is 3. The van der Waals surface area contributed by atoms with Crippen molar-refractivity contribution in [3.05, 3.63) is 53.3 Å². The standard InChI is InChI=1S/C15H20N4O.ClH/c1-12-14(15(20)17-9-5-8-16)10-18-19(12)11-13-6-3-2-4-7-13;/h2-4,6-7,10H,5,8-9,11,16H2,1H3,(H,17,20);1H. The molecule has 0 aliphatic heterocycles. The Morgan fingerprint density at radius 3 is 2.71 bits per heavy atom. The first-order valence-corrected chi connectivity index (χ1v) is 6.77. The lowest BCUT2D eigenvalue weighted by Crippen LogP contribution is -2.26. The van der Waals surface area contributed by atoms with Gasteiger partial charge in [-0.25, -0.2) is 0 Å². The maximum Gasteiger partial charge on any atom is 0.254 e. The summed E-state index contributed by atoms with van der Waals surface area (Å²) in [5.41, 5.74) is 8.06. The second-order valence-corrected chi connectivity index (χ2v) is 4.69. The first-order chi connectivity index (χ1) is 9.72. The van der Waals surface area contributed by atoms with Gasteiger partial charge in [-0.1, -0.05) is 30.3 Å². The number of carbonyl (C=O) groups is 1. The van der Waals surface area contributed by atoms with E-state index in [-0.39, 0.29) is 18.3 Å². The van der Waals surface area contributed by atoms with Gasteiger partial charge in [0.2, 0.25) is 0 Å². The average molecular weight is 309 g/mol. The van der Waals surface area contributed by atoms with Crippen LogP contribution in [0, 0.1) is 6.92 Å². The fourth-order valence-corrected chi connectivity index (χ4v) is 1.98. The Morgan fingerprint density at radius 1 is 1.33 bits per heavy atom. The first kappa shape index (κ1) is 17.2. The summed E-state index contributed by atoms with van der Waals surface area (Å²) in [4.78, 5) is 12.0. The Bertz CT molecular complexity index is 568. The molecule has 5 nitrogen and oxygen atoms in total. The van der Waals surface area contributed by atoms with Crippen molar-refractivity contribution in [2.45, 2.75) is 19.9 Å². The Morgan fingerprint density at radius 2 is 2.05 bits per heavy atom. The SMILES string of the molecule is Cc1c(C(=O)NCCCN)cnn1Cc1ccccc1.Cl. The minimum Gasteiger partial charge on any atom is -0.352 e. The van der Waals surface area contributed by atoms with E-state index in [0.29, 0.717) is 25.2 Å². The number of hydrogen-bond donors (Lipinski definition) is 2. The minimum absolute atomic E-state index is 0. The normalized spacial score (nSPS) is 10.0. The molecule has 0 atom stereocenters. The predicted octanol–water partition coefficient (Wildman–Crippen LogP) is 1.74. The van der Waals surface area contributed by atoms with Gasteiger partial charge in [-0.05, 0) is 25.5 Å². The molecular weight excluding hydrogens is 288 g/mol. The van der Waals surface area contributed by atoms with Crippen molar-refractivity contribution in [1.82, 2.24) is 15.1 Å². The lowest BCUT2D eigenvalue weighted by atomic mass is 10.2. The van der Waals surface area contributed by atoms with E-state index in [9.17, 15) is 4.79 Å². The number of halogens is 1. The van der Waals surface area contributed by atoms with Crippen molar-refractivity contribution in [2.75, 3.05) is 13.1 Å². The molecule has 1 aromatic heterocycles. The van der Waals surface area contributed by atoms with E-state index < -0.39 is 0 Å². The van der Waals surface area contributed by atoms with Crippen LogP contribution in [0.25, 0.3) is 0 Å². The summed E-state index contributed by atoms with van der Waals surface area (Å²) in [5, 5.41) is 7.14. The minimum atomic E-state index is -0.0877. The molecule has 2 aromatic rings. The highest BCUT2D eigenvalue weighted by Gasteiger charge is 2.13. The van der Waals surface area contributed by atoms with Gasteiger partial charge in [-0.15, -0.1) is 12.4 Å². The molecule has 0 bridgehead atoms. The molecule has 3 N–H and O–H groups in total. The molecule has 0 unspecified atom stereocenters. The molecule has 1 amide bonds. The summed E-state index contributed by atoms with van der Waals surface area (Å²) < 4.78 is 1.84. The molecule has 0 aliphatic carbocycles. The van der Waals surface area contributed by atoms with Crippen LogP contribution in [-0.4, -0.2) is 28.8 Å². The smallest absolute Gasteiger partial charge is 0.254 e. The van der Waals surface area contributed by atoms with Gasteiger partial charge in [-0.2, -0.15) is 5.10 Å². The van der Waals surface area contributed by atoms with Gasteiger partial charge in [0.05, 0.1) is 18.3 Å². The Kier molecular flexibility index (Phi) is 6.91. The van der Waals surface area contributed by atoms with Crippen LogP contribution in [-0.2, 0) is 6.54 Å². The maximum absolute atomic E-state index is 12.0. The van der Waals surface area contributed by atoms with Crippen molar-refractivity contribution < 1.29 is 4.79 Å². The summed E-state index contributed by atoms with van der Waals surface area (Å²) in [6.45, 7) is 3.75. The zero-order valence-electron chi connectivity index (χ0n) is 12.1. The highest BCUT2D eigenvalue weighted by molar-refractivity contribution is 5.95. The van der Waals surface area contributed by atoms with Crippen LogP contribution in [0.4, 0.5) is 0 Å². The number of nitrogens with zero attached hydrogens (tertiary/aromatic N) is 2. The highest BCUT2D eigenvalue weighted by atomic mass is 35.5. The number of aromatic nitrogens is 2. The zero-order chi connectivity index (χ0) is 14.4. The number of carbonyl (C=O) groups excluding carboxylic acids is 1. The summed E-state index contributed by atoms with van der Waals surface area (Å²) in [7, 11) is 0. The number of rotatable bonds is 6. The number of benzene rings is 1. The van der Waals surface area contributed by atoms with Crippen LogP contribution in [0.3, 0.4) is 0 Å². The van der Waals surface area contributed by atoms with E-state index in [1.165, 1.54) is 0 Å². The van der Waals surface area contributed by atoms with Crippen molar-refractivity contribution >= 4 is 18.3 Å². The lowest BCUT2D eigenvalue weighted by Gasteiger charge is -2.06. The molecule has 114 valence electrons. The highest BCUT2D eigenvalue weighted by Crippen LogP contribution is 2.10. The van der Waals surface area contributed by atoms with Gasteiger partial charge in [0.25, 0.3) is 5.91 Å². The number of nitrogens with one attached hydrogen (secondary N) is 1. The van der Waals surface area contributed by atoms with Crippen molar-refractivity contribution in [3.8, 4) is 0 Å². The molecule has 2 rings (SSSR count). The molecule has 6 heteroatoms. The van der Waals surface area contributed by atoms with E-state index in [1.54, 1.807) is 6.20 Å². The summed E-state index contributed by atoms with van der Waals surface area (Å²) in [6, 6.07) is 10.1. The quantitative estimate of drug-likeness (QED) is 0.798. The Hall–Kier alpha value is -1.85. The van der Waals surface area contributed by atoms with Gasteiger partial charge in [0.15, 0.2) is 0 Å². The topological polar surface area (TPSA) is 72.9 Å². The first-order valence-electron chi connectivity index (χ1n) is 6.77. The van der Waals surface area contributed by atoms with E-state index in [2.05, 4.69) is 10.4 Å². The van der Waals surface area contributed by atoms with Gasteiger partial charge < -0.3 is 11.1 Å². The van der Waals surface area contributed by atoms with E-state index in [0.717, 1.165) is 17.7 Å². The molecule has 1 aromatic carbocycles. The summed E-state index contributed by atoms with van der Waals surface area (Å²) in [5.74, 6) is -0.0877. The zero-order valence-corrected chi connectivity index (χ0v) is 12.9. The van der Waals surface area contributed by atoms with Crippen molar-refractivity contribution in [1.29, 1.82) is 0 Å². The third-order valence-corrected chi connectivity index (χ3v) is 3.19.